The zero-order valence-corrected chi connectivity index (χ0v) is 20.7. The van der Waals surface area contributed by atoms with E-state index in [9.17, 15) is 14.1 Å². The number of alkyl halides is 2. The van der Waals surface area contributed by atoms with Crippen molar-refractivity contribution in [1.29, 1.82) is 0 Å². The second-order valence-electron chi connectivity index (χ2n) is 7.05. The fraction of sp³-hybridized carbons (Fsp3) is 0.300. The van der Waals surface area contributed by atoms with Crippen molar-refractivity contribution in [3.05, 3.63) is 62.6 Å². The predicted octanol–water partition coefficient (Wildman–Crippen LogP) is 5.28. The van der Waals surface area contributed by atoms with Crippen LogP contribution in [-0.4, -0.2) is 39.3 Å². The molecule has 0 saturated heterocycles. The van der Waals surface area contributed by atoms with Crippen molar-refractivity contribution < 1.29 is 14.1 Å². The first-order valence-electron chi connectivity index (χ1n) is 9.03. The van der Waals surface area contributed by atoms with E-state index in [0.29, 0.717) is 27.0 Å². The van der Waals surface area contributed by atoms with Crippen LogP contribution in [0.1, 0.15) is 21.8 Å². The Kier molecular flexibility index (Phi) is 7.96. The minimum Gasteiger partial charge on any atom is -0.617 e. The van der Waals surface area contributed by atoms with Crippen LogP contribution in [0.25, 0.3) is 0 Å². The standard InChI is InChI=1S/C20H17Cl5N2O3S/c1-31(30)5-4-26-18(28)14-9-13(2-3-15(14)23)27-19(29)17-16(20(17,24)25)10-6-11(21)8-12(22)7-10/h2-3,6-9,16-17H,4-5H2,1H3,(H,26,28)(H,27,29)/t16-,17+,31?/m0/s1. The summed E-state index contributed by atoms with van der Waals surface area (Å²) in [5.41, 5.74) is 1.20. The van der Waals surface area contributed by atoms with E-state index in [1.165, 1.54) is 12.1 Å². The van der Waals surface area contributed by atoms with Gasteiger partial charge in [0.25, 0.3) is 5.91 Å². The molecule has 1 fully saturated rings. The van der Waals surface area contributed by atoms with E-state index in [0.717, 1.165) is 0 Å². The number of anilines is 1. The molecule has 11 heteroatoms. The minimum atomic E-state index is -1.32. The van der Waals surface area contributed by atoms with Gasteiger partial charge < -0.3 is 15.2 Å². The van der Waals surface area contributed by atoms with E-state index in [4.69, 9.17) is 58.0 Å². The predicted molar refractivity (Wildman–Crippen MR) is 128 cm³/mol. The van der Waals surface area contributed by atoms with Gasteiger partial charge in [-0.25, -0.2) is 0 Å². The van der Waals surface area contributed by atoms with E-state index >= 15 is 0 Å². The summed E-state index contributed by atoms with van der Waals surface area (Å²) in [6, 6.07) is 9.43. The molecule has 0 spiro atoms. The first-order chi connectivity index (χ1) is 14.5. The van der Waals surface area contributed by atoms with Gasteiger partial charge in [-0.2, -0.15) is 0 Å². The highest BCUT2D eigenvalue weighted by Gasteiger charge is 2.67. The lowest BCUT2D eigenvalue weighted by atomic mass is 10.1. The first kappa shape index (κ1) is 24.8. The molecule has 31 heavy (non-hydrogen) atoms. The fourth-order valence-electron chi connectivity index (χ4n) is 3.22. The topological polar surface area (TPSA) is 81.3 Å². The van der Waals surface area contributed by atoms with E-state index in [1.807, 2.05) is 0 Å². The zero-order chi connectivity index (χ0) is 22.9. The summed E-state index contributed by atoms with van der Waals surface area (Å²) in [7, 11) is 0. The van der Waals surface area contributed by atoms with Crippen molar-refractivity contribution in [2.24, 2.45) is 5.92 Å². The molecule has 0 aromatic heterocycles. The van der Waals surface area contributed by atoms with Crippen molar-refractivity contribution in [3.63, 3.8) is 0 Å². The van der Waals surface area contributed by atoms with Gasteiger partial charge in [-0.05, 0) is 42.0 Å². The van der Waals surface area contributed by atoms with Gasteiger partial charge in [0.15, 0.2) is 0 Å². The molecule has 0 bridgehead atoms. The molecule has 1 aliphatic carbocycles. The number of benzene rings is 2. The van der Waals surface area contributed by atoms with E-state index in [2.05, 4.69) is 10.6 Å². The maximum Gasteiger partial charge on any atom is 0.253 e. The minimum absolute atomic E-state index is 0.179. The van der Waals surface area contributed by atoms with Crippen molar-refractivity contribution in [3.8, 4) is 0 Å². The van der Waals surface area contributed by atoms with Gasteiger partial charge in [0.1, 0.15) is 10.1 Å². The summed E-state index contributed by atoms with van der Waals surface area (Å²) in [6.07, 6.45) is 1.55. The molecule has 5 nitrogen and oxygen atoms in total. The van der Waals surface area contributed by atoms with Crippen LogP contribution in [-0.2, 0) is 16.0 Å². The van der Waals surface area contributed by atoms with Crippen LogP contribution in [0.5, 0.6) is 0 Å². The Balaban J connectivity index is 1.72. The number of nitrogens with one attached hydrogen (secondary N) is 2. The summed E-state index contributed by atoms with van der Waals surface area (Å²) < 4.78 is 9.82. The molecule has 1 aliphatic rings. The quantitative estimate of drug-likeness (QED) is 0.369. The van der Waals surface area contributed by atoms with Gasteiger partial charge >= 0.3 is 0 Å². The Labute approximate surface area is 207 Å². The molecular weight excluding hydrogens is 526 g/mol. The molecular formula is C20H17Cl5N2O3S. The average molecular weight is 543 g/mol. The van der Waals surface area contributed by atoms with Crippen LogP contribution < -0.4 is 10.6 Å². The third-order valence-electron chi connectivity index (χ3n) is 4.73. The molecule has 2 aromatic carbocycles. The maximum absolute atomic E-state index is 12.8. The number of amides is 2. The van der Waals surface area contributed by atoms with Crippen molar-refractivity contribution in [2.75, 3.05) is 23.9 Å². The van der Waals surface area contributed by atoms with Crippen LogP contribution in [0.4, 0.5) is 5.69 Å². The lowest BCUT2D eigenvalue weighted by Crippen LogP contribution is -2.29. The molecule has 2 amide bonds. The number of carbonyl (C=O) groups is 2. The molecule has 3 rings (SSSR count). The first-order valence-corrected chi connectivity index (χ1v) is 12.6. The van der Waals surface area contributed by atoms with Crippen LogP contribution >= 0.6 is 58.0 Å². The van der Waals surface area contributed by atoms with E-state index in [-0.39, 0.29) is 17.1 Å². The van der Waals surface area contributed by atoms with Gasteiger partial charge in [0, 0.05) is 21.7 Å². The molecule has 0 heterocycles. The van der Waals surface area contributed by atoms with Crippen molar-refractivity contribution in [1.82, 2.24) is 5.32 Å². The van der Waals surface area contributed by atoms with E-state index < -0.39 is 39.2 Å². The Morgan fingerprint density at radius 3 is 2.35 bits per heavy atom. The summed E-state index contributed by atoms with van der Waals surface area (Å²) in [5.74, 6) is -1.76. The largest absolute Gasteiger partial charge is 0.617 e. The molecule has 3 atom stereocenters. The highest BCUT2D eigenvalue weighted by Crippen LogP contribution is 2.65. The molecule has 0 aliphatic heterocycles. The lowest BCUT2D eigenvalue weighted by Gasteiger charge is -2.11. The summed E-state index contributed by atoms with van der Waals surface area (Å²) in [6.45, 7) is 0.238. The fourth-order valence-corrected chi connectivity index (χ4v) is 5.19. The molecule has 1 unspecified atom stereocenters. The third kappa shape index (κ3) is 5.93. The zero-order valence-electron chi connectivity index (χ0n) is 16.1. The summed E-state index contributed by atoms with van der Waals surface area (Å²) in [5, 5.41) is 6.41. The molecule has 0 radical (unpaired) electrons. The molecule has 1 saturated carbocycles. The Morgan fingerprint density at radius 1 is 1.10 bits per heavy atom. The van der Waals surface area contributed by atoms with Crippen LogP contribution in [0.2, 0.25) is 15.1 Å². The molecule has 2 aromatic rings. The molecule has 166 valence electrons. The van der Waals surface area contributed by atoms with Gasteiger partial charge in [0.2, 0.25) is 5.91 Å². The van der Waals surface area contributed by atoms with Gasteiger partial charge in [-0.3, -0.25) is 9.59 Å². The summed E-state index contributed by atoms with van der Waals surface area (Å²) in [4.78, 5) is 25.2. The lowest BCUT2D eigenvalue weighted by molar-refractivity contribution is -0.117. The monoisotopic (exact) mass is 540 g/mol. The Morgan fingerprint density at radius 2 is 1.74 bits per heavy atom. The highest BCUT2D eigenvalue weighted by atomic mass is 35.5. The highest BCUT2D eigenvalue weighted by molar-refractivity contribution is 7.90. The van der Waals surface area contributed by atoms with Gasteiger partial charge in [-0.1, -0.05) is 46.0 Å². The second-order valence-corrected chi connectivity index (χ2v) is 11.3. The Bertz CT molecular complexity index is 998. The number of hydrogen-bond donors (Lipinski definition) is 2. The number of hydrogen-bond acceptors (Lipinski definition) is 3. The number of halogens is 5. The smallest absolute Gasteiger partial charge is 0.253 e. The van der Waals surface area contributed by atoms with Crippen molar-refractivity contribution >= 4 is 86.7 Å². The van der Waals surface area contributed by atoms with Gasteiger partial charge in [-0.15, -0.1) is 23.2 Å². The third-order valence-corrected chi connectivity index (χ3v) is 7.22. The summed E-state index contributed by atoms with van der Waals surface area (Å²) >= 11 is 29.9. The number of rotatable bonds is 7. The van der Waals surface area contributed by atoms with Crippen LogP contribution in [0, 0.1) is 5.92 Å². The average Bonchev–Trinajstić information content (AvgIpc) is 3.24. The van der Waals surface area contributed by atoms with Crippen LogP contribution in [0.3, 0.4) is 0 Å². The van der Waals surface area contributed by atoms with Gasteiger partial charge in [0.05, 0.1) is 29.3 Å². The van der Waals surface area contributed by atoms with E-state index in [1.54, 1.807) is 30.5 Å². The molecule has 2 N–H and O–H groups in total. The van der Waals surface area contributed by atoms with Crippen LogP contribution in [0.15, 0.2) is 36.4 Å². The number of carbonyl (C=O) groups excluding carboxylic acids is 2. The normalized spacial score (nSPS) is 20.1. The van der Waals surface area contributed by atoms with Crippen molar-refractivity contribution in [2.45, 2.75) is 10.3 Å². The second kappa shape index (κ2) is 9.96. The Hall–Kier alpha value is -0.860. The SMILES string of the molecule is C[S+]([O-])CCNC(=O)c1cc(NC(=O)[C@H]2[C@H](c3cc(Cl)cc(Cl)c3)C2(Cl)Cl)ccc1Cl. The maximum atomic E-state index is 12.8.